The standard InChI is InChI=1S/C20H28O7/c1-14(21)26-20(4,18(22)23)15-8-10-16(11-9-15)24-12-6-5-7-17-13-25-19(2,3)27-17/h8-11,17H,5-7,12-13H2,1-4H3,(H,22,23). The average molecular weight is 380 g/mol. The summed E-state index contributed by atoms with van der Waals surface area (Å²) < 4.78 is 22.0. The van der Waals surface area contributed by atoms with Crippen LogP contribution in [0.2, 0.25) is 0 Å². The first kappa shape index (κ1) is 21.2. The van der Waals surface area contributed by atoms with Crippen molar-refractivity contribution in [3.63, 3.8) is 0 Å². The summed E-state index contributed by atoms with van der Waals surface area (Å²) in [5.74, 6) is -1.73. The van der Waals surface area contributed by atoms with Gasteiger partial charge in [0, 0.05) is 12.5 Å². The third kappa shape index (κ3) is 5.94. The molecule has 1 fully saturated rings. The second-order valence-corrected chi connectivity index (χ2v) is 7.25. The van der Waals surface area contributed by atoms with Gasteiger partial charge in [-0.2, -0.15) is 0 Å². The highest BCUT2D eigenvalue weighted by Crippen LogP contribution is 2.28. The lowest BCUT2D eigenvalue weighted by atomic mass is 9.96. The summed E-state index contributed by atoms with van der Waals surface area (Å²) in [4.78, 5) is 22.7. The molecule has 2 atom stereocenters. The zero-order chi connectivity index (χ0) is 20.1. The predicted molar refractivity (Wildman–Crippen MR) is 97.4 cm³/mol. The van der Waals surface area contributed by atoms with Crippen molar-refractivity contribution in [2.24, 2.45) is 0 Å². The van der Waals surface area contributed by atoms with Crippen molar-refractivity contribution >= 4 is 11.9 Å². The molecular formula is C20H28O7. The van der Waals surface area contributed by atoms with Gasteiger partial charge in [0.1, 0.15) is 5.75 Å². The Kier molecular flexibility index (Phi) is 6.84. The van der Waals surface area contributed by atoms with Gasteiger partial charge in [-0.1, -0.05) is 12.1 Å². The molecule has 27 heavy (non-hydrogen) atoms. The van der Waals surface area contributed by atoms with Crippen LogP contribution in [0.4, 0.5) is 0 Å². The van der Waals surface area contributed by atoms with Crippen LogP contribution in [0.25, 0.3) is 0 Å². The number of benzene rings is 1. The van der Waals surface area contributed by atoms with Crippen molar-refractivity contribution in [1.82, 2.24) is 0 Å². The van der Waals surface area contributed by atoms with E-state index in [0.29, 0.717) is 24.5 Å². The molecule has 0 aliphatic carbocycles. The average Bonchev–Trinajstić information content (AvgIpc) is 2.93. The maximum absolute atomic E-state index is 11.5. The maximum Gasteiger partial charge on any atom is 0.352 e. The van der Waals surface area contributed by atoms with Gasteiger partial charge in [-0.05, 0) is 52.2 Å². The monoisotopic (exact) mass is 380 g/mol. The number of ether oxygens (including phenoxy) is 4. The minimum Gasteiger partial charge on any atom is -0.494 e. The third-order valence-electron chi connectivity index (χ3n) is 4.42. The number of hydrogen-bond donors (Lipinski definition) is 1. The van der Waals surface area contributed by atoms with Gasteiger partial charge in [0.25, 0.3) is 0 Å². The van der Waals surface area contributed by atoms with E-state index in [-0.39, 0.29) is 6.10 Å². The normalized spacial score (nSPS) is 20.7. The van der Waals surface area contributed by atoms with E-state index in [0.717, 1.165) is 19.3 Å². The molecule has 1 aliphatic heterocycles. The fourth-order valence-corrected chi connectivity index (χ4v) is 2.95. The van der Waals surface area contributed by atoms with Crippen LogP contribution >= 0.6 is 0 Å². The summed E-state index contributed by atoms with van der Waals surface area (Å²) in [5.41, 5.74) is -1.35. The number of carbonyl (C=O) groups excluding carboxylic acids is 1. The molecule has 1 N–H and O–H groups in total. The van der Waals surface area contributed by atoms with E-state index in [1.165, 1.54) is 13.8 Å². The number of unbranched alkanes of at least 4 members (excludes halogenated alkanes) is 1. The summed E-state index contributed by atoms with van der Waals surface area (Å²) >= 11 is 0. The predicted octanol–water partition coefficient (Wildman–Crippen LogP) is 3.25. The van der Waals surface area contributed by atoms with Gasteiger partial charge < -0.3 is 24.1 Å². The second kappa shape index (κ2) is 8.71. The number of esters is 1. The van der Waals surface area contributed by atoms with Crippen LogP contribution in [0.3, 0.4) is 0 Å². The minimum atomic E-state index is -1.72. The van der Waals surface area contributed by atoms with Crippen molar-refractivity contribution in [1.29, 1.82) is 0 Å². The molecule has 2 rings (SSSR count). The number of hydrogen-bond acceptors (Lipinski definition) is 6. The Hall–Kier alpha value is -2.12. The van der Waals surface area contributed by atoms with E-state index in [1.54, 1.807) is 24.3 Å². The van der Waals surface area contributed by atoms with Crippen molar-refractivity contribution in [2.75, 3.05) is 13.2 Å². The first-order chi connectivity index (χ1) is 12.6. The molecule has 1 aliphatic rings. The Morgan fingerprint density at radius 3 is 2.44 bits per heavy atom. The Morgan fingerprint density at radius 1 is 1.26 bits per heavy atom. The van der Waals surface area contributed by atoms with Crippen LogP contribution in [-0.4, -0.2) is 42.1 Å². The number of carboxylic acids is 1. The Bertz CT molecular complexity index is 653. The topological polar surface area (TPSA) is 91.3 Å². The molecule has 7 nitrogen and oxygen atoms in total. The SMILES string of the molecule is CC(=O)OC(C)(C(=O)O)c1ccc(OCCCCC2COC(C)(C)O2)cc1. The second-order valence-electron chi connectivity index (χ2n) is 7.25. The van der Waals surface area contributed by atoms with Crippen LogP contribution in [0, 0.1) is 0 Å². The first-order valence-electron chi connectivity index (χ1n) is 9.10. The lowest BCUT2D eigenvalue weighted by Gasteiger charge is -2.25. The highest BCUT2D eigenvalue weighted by atomic mass is 16.7. The quantitative estimate of drug-likeness (QED) is 0.519. The fourth-order valence-electron chi connectivity index (χ4n) is 2.95. The van der Waals surface area contributed by atoms with E-state index >= 15 is 0 Å². The molecular weight excluding hydrogens is 352 g/mol. The summed E-state index contributed by atoms with van der Waals surface area (Å²) in [7, 11) is 0. The van der Waals surface area contributed by atoms with E-state index in [2.05, 4.69) is 0 Å². The van der Waals surface area contributed by atoms with Crippen LogP contribution in [0.1, 0.15) is 52.5 Å². The number of aliphatic carboxylic acids is 1. The van der Waals surface area contributed by atoms with Gasteiger partial charge in [0.05, 0.1) is 19.3 Å². The molecule has 0 amide bonds. The van der Waals surface area contributed by atoms with Gasteiger partial charge in [-0.15, -0.1) is 0 Å². The molecule has 150 valence electrons. The van der Waals surface area contributed by atoms with Gasteiger partial charge in [-0.3, -0.25) is 4.79 Å². The fraction of sp³-hybridized carbons (Fsp3) is 0.600. The van der Waals surface area contributed by atoms with Gasteiger partial charge in [0.15, 0.2) is 5.79 Å². The Balaban J connectivity index is 1.78. The summed E-state index contributed by atoms with van der Waals surface area (Å²) in [6.45, 7) is 7.54. The number of rotatable bonds is 9. The van der Waals surface area contributed by atoms with E-state index < -0.39 is 23.3 Å². The molecule has 7 heteroatoms. The van der Waals surface area contributed by atoms with E-state index in [1.807, 2.05) is 13.8 Å². The molecule has 1 aromatic carbocycles. The van der Waals surface area contributed by atoms with Gasteiger partial charge in [0.2, 0.25) is 5.60 Å². The highest BCUT2D eigenvalue weighted by Gasteiger charge is 2.38. The van der Waals surface area contributed by atoms with Gasteiger partial charge in [-0.25, -0.2) is 4.79 Å². The van der Waals surface area contributed by atoms with Crippen LogP contribution in [0.5, 0.6) is 5.75 Å². The zero-order valence-electron chi connectivity index (χ0n) is 16.3. The lowest BCUT2D eigenvalue weighted by molar-refractivity contribution is -0.176. The third-order valence-corrected chi connectivity index (χ3v) is 4.42. The molecule has 0 saturated carbocycles. The molecule has 2 unspecified atom stereocenters. The Labute approximate surface area is 159 Å². The van der Waals surface area contributed by atoms with Gasteiger partial charge >= 0.3 is 11.9 Å². The smallest absolute Gasteiger partial charge is 0.352 e. The van der Waals surface area contributed by atoms with Crippen LogP contribution in [0.15, 0.2) is 24.3 Å². The molecule has 1 aromatic rings. The minimum absolute atomic E-state index is 0.134. The molecule has 0 bridgehead atoms. The summed E-state index contributed by atoms with van der Waals surface area (Å²) in [6.07, 6.45) is 2.90. The molecule has 1 heterocycles. The van der Waals surface area contributed by atoms with Crippen molar-refractivity contribution in [2.45, 2.75) is 64.4 Å². The summed E-state index contributed by atoms with van der Waals surface area (Å²) in [6, 6.07) is 6.54. The number of carboxylic acid groups (broad SMARTS) is 1. The van der Waals surface area contributed by atoms with Crippen LogP contribution < -0.4 is 4.74 Å². The zero-order valence-corrected chi connectivity index (χ0v) is 16.3. The van der Waals surface area contributed by atoms with Crippen molar-refractivity contribution < 1.29 is 33.6 Å². The molecule has 0 radical (unpaired) electrons. The molecule has 0 aromatic heterocycles. The largest absolute Gasteiger partial charge is 0.494 e. The van der Waals surface area contributed by atoms with Crippen LogP contribution in [-0.2, 0) is 29.4 Å². The first-order valence-corrected chi connectivity index (χ1v) is 9.10. The lowest BCUT2D eigenvalue weighted by Crippen LogP contribution is -2.37. The van der Waals surface area contributed by atoms with E-state index in [9.17, 15) is 14.7 Å². The molecule has 1 saturated heterocycles. The molecule has 0 spiro atoms. The van der Waals surface area contributed by atoms with E-state index in [4.69, 9.17) is 18.9 Å². The Morgan fingerprint density at radius 2 is 1.93 bits per heavy atom. The van der Waals surface area contributed by atoms with Crippen molar-refractivity contribution in [3.8, 4) is 5.75 Å². The maximum atomic E-state index is 11.5. The number of carbonyl (C=O) groups is 2. The summed E-state index contributed by atoms with van der Waals surface area (Å²) in [5, 5.41) is 9.40. The highest BCUT2D eigenvalue weighted by molar-refractivity contribution is 5.82. The van der Waals surface area contributed by atoms with Crippen molar-refractivity contribution in [3.05, 3.63) is 29.8 Å².